The molecule has 1 saturated heterocycles. The monoisotopic (exact) mass is 235 g/mol. The van der Waals surface area contributed by atoms with Gasteiger partial charge in [0.25, 0.3) is 0 Å². The molecule has 0 radical (unpaired) electrons. The van der Waals surface area contributed by atoms with Crippen molar-refractivity contribution in [2.24, 2.45) is 5.41 Å². The largest absolute Gasteiger partial charge is 0.481 e. The third-order valence-corrected chi connectivity index (χ3v) is 3.97. The molecule has 0 aromatic rings. The molecule has 2 fully saturated rings. The quantitative estimate of drug-likeness (QED) is 0.655. The zero-order valence-corrected chi connectivity index (χ0v) is 8.80. The van der Waals surface area contributed by atoms with Crippen molar-refractivity contribution in [3.05, 3.63) is 0 Å². The number of rotatable bonds is 2. The van der Waals surface area contributed by atoms with Crippen molar-refractivity contribution in [2.45, 2.75) is 37.2 Å². The molecule has 1 heterocycles. The summed E-state index contributed by atoms with van der Waals surface area (Å²) in [5.41, 5.74) is -2.77. The number of nitrogens with one attached hydrogen (secondary N) is 1. The first-order chi connectivity index (χ1) is 7.31. The summed E-state index contributed by atoms with van der Waals surface area (Å²) in [5, 5.41) is 22.2. The van der Waals surface area contributed by atoms with Crippen LogP contribution in [-0.2, 0) is 4.79 Å². The molecule has 0 aromatic carbocycles. The number of halogens is 2. The van der Waals surface area contributed by atoms with Gasteiger partial charge in [-0.15, -0.1) is 0 Å². The summed E-state index contributed by atoms with van der Waals surface area (Å²) in [7, 11) is 0. The second kappa shape index (κ2) is 3.37. The summed E-state index contributed by atoms with van der Waals surface area (Å²) in [5.74, 6) is -3.95. The Morgan fingerprint density at radius 1 is 1.12 bits per heavy atom. The first-order valence-corrected chi connectivity index (χ1v) is 5.36. The second-order valence-corrected chi connectivity index (χ2v) is 4.88. The van der Waals surface area contributed by atoms with Crippen molar-refractivity contribution in [1.29, 1.82) is 0 Å². The molecular formula is C10H15F2NO3. The van der Waals surface area contributed by atoms with Crippen LogP contribution in [0.4, 0.5) is 8.78 Å². The lowest BCUT2D eigenvalue weighted by atomic mass is 9.60. The van der Waals surface area contributed by atoms with Crippen molar-refractivity contribution >= 4 is 5.97 Å². The molecule has 0 unspecified atom stereocenters. The molecule has 2 aliphatic rings. The smallest absolute Gasteiger partial charge is 0.312 e. The number of carboxylic acids is 1. The van der Waals surface area contributed by atoms with E-state index in [9.17, 15) is 23.8 Å². The maximum absolute atomic E-state index is 13.0. The SMILES string of the molecule is O=C(O)C1(C2(O)CNC2)CCC(F)(F)CC1. The average Bonchev–Trinajstić information content (AvgIpc) is 2.14. The highest BCUT2D eigenvalue weighted by atomic mass is 19.3. The lowest BCUT2D eigenvalue weighted by molar-refractivity contribution is -0.196. The van der Waals surface area contributed by atoms with E-state index >= 15 is 0 Å². The number of aliphatic hydroxyl groups is 1. The van der Waals surface area contributed by atoms with Gasteiger partial charge in [0.2, 0.25) is 5.92 Å². The van der Waals surface area contributed by atoms with Gasteiger partial charge in [0.15, 0.2) is 0 Å². The highest BCUT2D eigenvalue weighted by Crippen LogP contribution is 2.50. The standard InChI is InChI=1S/C10H15F2NO3/c11-10(12)3-1-8(2-4-10,7(14)15)9(16)5-13-6-9/h13,16H,1-6H2,(H,14,15). The van der Waals surface area contributed by atoms with E-state index in [1.165, 1.54) is 0 Å². The van der Waals surface area contributed by atoms with Crippen LogP contribution in [0, 0.1) is 5.41 Å². The Labute approximate surface area is 91.6 Å². The van der Waals surface area contributed by atoms with Gasteiger partial charge in [-0.1, -0.05) is 0 Å². The molecule has 0 amide bonds. The third kappa shape index (κ3) is 1.51. The zero-order chi connectivity index (χ0) is 12.0. The first-order valence-electron chi connectivity index (χ1n) is 5.36. The van der Waals surface area contributed by atoms with Gasteiger partial charge in [-0.05, 0) is 12.8 Å². The summed E-state index contributed by atoms with van der Waals surface area (Å²) < 4.78 is 26.1. The Bertz CT molecular complexity index is 305. The Hall–Kier alpha value is -0.750. The maximum atomic E-state index is 13.0. The topological polar surface area (TPSA) is 69.6 Å². The highest BCUT2D eigenvalue weighted by molar-refractivity contribution is 5.77. The Balaban J connectivity index is 2.22. The normalized spacial score (nSPS) is 30.4. The van der Waals surface area contributed by atoms with E-state index in [1.807, 2.05) is 0 Å². The number of β-amino-alcohol motifs (C(OH)–C–C–N with tert-alkyl or cyclic N) is 1. The van der Waals surface area contributed by atoms with Crippen molar-refractivity contribution in [1.82, 2.24) is 5.32 Å². The van der Waals surface area contributed by atoms with Crippen LogP contribution in [0.3, 0.4) is 0 Å². The van der Waals surface area contributed by atoms with Crippen molar-refractivity contribution in [2.75, 3.05) is 13.1 Å². The van der Waals surface area contributed by atoms with Gasteiger partial charge in [0.05, 0.1) is 5.41 Å². The van der Waals surface area contributed by atoms with Gasteiger partial charge in [-0.25, -0.2) is 8.78 Å². The van der Waals surface area contributed by atoms with E-state index in [0.29, 0.717) is 0 Å². The van der Waals surface area contributed by atoms with Gasteiger partial charge in [-0.2, -0.15) is 0 Å². The molecule has 0 bridgehead atoms. The molecule has 16 heavy (non-hydrogen) atoms. The van der Waals surface area contributed by atoms with Crippen LogP contribution in [0.15, 0.2) is 0 Å². The molecule has 92 valence electrons. The second-order valence-electron chi connectivity index (χ2n) is 4.88. The minimum Gasteiger partial charge on any atom is -0.481 e. The molecule has 3 N–H and O–H groups in total. The zero-order valence-electron chi connectivity index (χ0n) is 8.80. The number of alkyl halides is 2. The Morgan fingerprint density at radius 2 is 1.62 bits per heavy atom. The molecule has 1 aliphatic heterocycles. The van der Waals surface area contributed by atoms with E-state index < -0.39 is 35.7 Å². The predicted octanol–water partition coefficient (Wildman–Crippen LogP) is 0.601. The molecule has 0 aromatic heterocycles. The predicted molar refractivity (Wildman–Crippen MR) is 51.3 cm³/mol. The molecular weight excluding hydrogens is 220 g/mol. The number of hydrogen-bond donors (Lipinski definition) is 3. The summed E-state index contributed by atoms with van der Waals surface area (Å²) >= 11 is 0. The minimum atomic E-state index is -2.79. The van der Waals surface area contributed by atoms with Crippen LogP contribution >= 0.6 is 0 Å². The summed E-state index contributed by atoms with van der Waals surface area (Å²) in [6.07, 6.45) is -1.23. The van der Waals surface area contributed by atoms with Crippen LogP contribution in [-0.4, -0.2) is 40.8 Å². The first kappa shape index (κ1) is 11.7. The summed E-state index contributed by atoms with van der Waals surface area (Å²) in [6, 6.07) is 0. The average molecular weight is 235 g/mol. The van der Waals surface area contributed by atoms with E-state index in [-0.39, 0.29) is 25.9 Å². The lowest BCUT2D eigenvalue weighted by Gasteiger charge is -2.52. The van der Waals surface area contributed by atoms with Gasteiger partial charge < -0.3 is 15.5 Å². The number of carboxylic acid groups (broad SMARTS) is 1. The van der Waals surface area contributed by atoms with Crippen LogP contribution in [0.5, 0.6) is 0 Å². The maximum Gasteiger partial charge on any atom is 0.312 e. The van der Waals surface area contributed by atoms with Crippen LogP contribution in [0.25, 0.3) is 0 Å². The Kier molecular flexibility index (Phi) is 2.47. The molecule has 0 atom stereocenters. The number of aliphatic carboxylic acids is 1. The molecule has 1 saturated carbocycles. The van der Waals surface area contributed by atoms with E-state index in [4.69, 9.17) is 0 Å². The minimum absolute atomic E-state index is 0.159. The van der Waals surface area contributed by atoms with E-state index in [1.54, 1.807) is 0 Å². The van der Waals surface area contributed by atoms with Crippen molar-refractivity contribution < 1.29 is 23.8 Å². The van der Waals surface area contributed by atoms with Crippen LogP contribution in [0.1, 0.15) is 25.7 Å². The fourth-order valence-electron chi connectivity index (χ4n) is 2.62. The van der Waals surface area contributed by atoms with E-state index in [2.05, 4.69) is 5.32 Å². The summed E-state index contributed by atoms with van der Waals surface area (Å²) in [6.45, 7) is 0.343. The molecule has 0 spiro atoms. The number of carbonyl (C=O) groups is 1. The molecule has 1 aliphatic carbocycles. The highest BCUT2D eigenvalue weighted by Gasteiger charge is 2.61. The molecule has 2 rings (SSSR count). The van der Waals surface area contributed by atoms with Crippen LogP contribution < -0.4 is 5.32 Å². The number of hydrogen-bond acceptors (Lipinski definition) is 3. The van der Waals surface area contributed by atoms with Gasteiger partial charge in [0.1, 0.15) is 5.60 Å². The summed E-state index contributed by atoms with van der Waals surface area (Å²) in [4.78, 5) is 11.3. The van der Waals surface area contributed by atoms with Gasteiger partial charge >= 0.3 is 5.97 Å². The lowest BCUT2D eigenvalue weighted by Crippen LogP contribution is -2.71. The molecule has 4 nitrogen and oxygen atoms in total. The van der Waals surface area contributed by atoms with Crippen LogP contribution in [0.2, 0.25) is 0 Å². The third-order valence-electron chi connectivity index (χ3n) is 3.97. The van der Waals surface area contributed by atoms with Crippen molar-refractivity contribution in [3.63, 3.8) is 0 Å². The van der Waals surface area contributed by atoms with Crippen molar-refractivity contribution in [3.8, 4) is 0 Å². The fraction of sp³-hybridized carbons (Fsp3) is 0.900. The fourth-order valence-corrected chi connectivity index (χ4v) is 2.62. The molecule has 6 heteroatoms. The van der Waals surface area contributed by atoms with Gasteiger partial charge in [-0.3, -0.25) is 4.79 Å². The van der Waals surface area contributed by atoms with Gasteiger partial charge in [0, 0.05) is 25.9 Å². The van der Waals surface area contributed by atoms with E-state index in [0.717, 1.165) is 0 Å². The Morgan fingerprint density at radius 3 is 1.94 bits per heavy atom.